The van der Waals surface area contributed by atoms with E-state index in [0.717, 1.165) is 12.3 Å². The molecule has 0 fully saturated rings. The lowest BCUT2D eigenvalue weighted by molar-refractivity contribution is 0.146. The summed E-state index contributed by atoms with van der Waals surface area (Å²) in [6.07, 6.45) is -1.62. The molecule has 5 heteroatoms. The Morgan fingerprint density at radius 1 is 1.55 bits per heavy atom. The molecule has 0 aromatic carbocycles. The molecule has 1 aromatic rings. The van der Waals surface area contributed by atoms with Crippen molar-refractivity contribution in [2.75, 3.05) is 0 Å². The maximum atomic E-state index is 11.9. The lowest BCUT2D eigenvalue weighted by atomic mass is 10.3. The summed E-state index contributed by atoms with van der Waals surface area (Å²) in [6.45, 7) is 0. The zero-order valence-electron chi connectivity index (χ0n) is 5.27. The van der Waals surface area contributed by atoms with Crippen molar-refractivity contribution in [1.82, 2.24) is 4.98 Å². The summed E-state index contributed by atoms with van der Waals surface area (Å²) in [5.41, 5.74) is -1.01. The monoisotopic (exact) mass is 179 g/mol. The number of rotatable bonds is 1. The first-order chi connectivity index (χ1) is 5.11. The molecular weight excluding hydrogens is 176 g/mol. The Labute approximate surface area is 65.8 Å². The first kappa shape index (κ1) is 8.20. The number of pyridine rings is 1. The molecule has 0 radical (unpaired) electrons. The number of aromatic amines is 1. The van der Waals surface area contributed by atoms with E-state index in [1.165, 1.54) is 0 Å². The third kappa shape index (κ3) is 1.77. The van der Waals surface area contributed by atoms with Gasteiger partial charge in [-0.3, -0.25) is 4.79 Å². The van der Waals surface area contributed by atoms with Crippen LogP contribution in [0.25, 0.3) is 0 Å². The third-order valence-electron chi connectivity index (χ3n) is 1.12. The van der Waals surface area contributed by atoms with Crippen LogP contribution in [0.4, 0.5) is 8.78 Å². The summed E-state index contributed by atoms with van der Waals surface area (Å²) in [5.74, 6) is 0. The average Bonchev–Trinajstić information content (AvgIpc) is 1.94. The molecular formula is C6H4ClF2NO. The SMILES string of the molecule is O=c1cc(C(F)F)[nH]cc1Cl. The molecule has 2 nitrogen and oxygen atoms in total. The lowest BCUT2D eigenvalue weighted by Gasteiger charge is -1.97. The van der Waals surface area contributed by atoms with E-state index in [9.17, 15) is 13.6 Å². The Bertz CT molecular complexity index is 310. The van der Waals surface area contributed by atoms with Gasteiger partial charge in [0, 0.05) is 12.3 Å². The number of hydrogen-bond acceptors (Lipinski definition) is 1. The van der Waals surface area contributed by atoms with Crippen molar-refractivity contribution in [1.29, 1.82) is 0 Å². The van der Waals surface area contributed by atoms with Crippen LogP contribution in [0.15, 0.2) is 17.1 Å². The van der Waals surface area contributed by atoms with E-state index >= 15 is 0 Å². The summed E-state index contributed by atoms with van der Waals surface area (Å²) in [5, 5.41) is -0.0885. The fourth-order valence-corrected chi connectivity index (χ4v) is 0.705. The zero-order valence-corrected chi connectivity index (χ0v) is 6.03. The minimum atomic E-state index is -2.67. The third-order valence-corrected chi connectivity index (χ3v) is 1.42. The van der Waals surface area contributed by atoms with Gasteiger partial charge in [0.25, 0.3) is 6.43 Å². The average molecular weight is 180 g/mol. The first-order valence-corrected chi connectivity index (χ1v) is 3.15. The molecule has 11 heavy (non-hydrogen) atoms. The second-order valence-electron chi connectivity index (χ2n) is 1.90. The molecule has 0 saturated heterocycles. The predicted molar refractivity (Wildman–Crippen MR) is 37.0 cm³/mol. The minimum absolute atomic E-state index is 0.0885. The summed E-state index contributed by atoms with van der Waals surface area (Å²) in [4.78, 5) is 12.9. The van der Waals surface area contributed by atoms with Crippen molar-refractivity contribution in [3.8, 4) is 0 Å². The summed E-state index contributed by atoms with van der Waals surface area (Å²) in [6, 6.07) is 0.785. The van der Waals surface area contributed by atoms with Crippen LogP contribution in [0.5, 0.6) is 0 Å². The smallest absolute Gasteiger partial charge is 0.278 e. The minimum Gasteiger partial charge on any atom is -0.359 e. The van der Waals surface area contributed by atoms with Crippen LogP contribution in [0.1, 0.15) is 12.1 Å². The topological polar surface area (TPSA) is 32.9 Å². The van der Waals surface area contributed by atoms with Gasteiger partial charge in [-0.25, -0.2) is 8.78 Å². The lowest BCUT2D eigenvalue weighted by Crippen LogP contribution is -2.03. The van der Waals surface area contributed by atoms with Crippen LogP contribution in [-0.4, -0.2) is 4.98 Å². The maximum absolute atomic E-state index is 11.9. The van der Waals surface area contributed by atoms with Crippen LogP contribution in [0.3, 0.4) is 0 Å². The summed E-state index contributed by atoms with van der Waals surface area (Å²) < 4.78 is 23.7. The number of hydrogen-bond donors (Lipinski definition) is 1. The Morgan fingerprint density at radius 3 is 2.64 bits per heavy atom. The van der Waals surface area contributed by atoms with Crippen LogP contribution in [-0.2, 0) is 0 Å². The molecule has 0 aliphatic rings. The highest BCUT2D eigenvalue weighted by molar-refractivity contribution is 6.30. The first-order valence-electron chi connectivity index (χ1n) is 2.77. The molecule has 1 N–H and O–H groups in total. The molecule has 0 saturated carbocycles. The van der Waals surface area contributed by atoms with Gasteiger partial charge >= 0.3 is 0 Å². The molecule has 0 bridgehead atoms. The zero-order chi connectivity index (χ0) is 8.43. The van der Waals surface area contributed by atoms with Crippen molar-refractivity contribution < 1.29 is 8.78 Å². The Morgan fingerprint density at radius 2 is 2.18 bits per heavy atom. The van der Waals surface area contributed by atoms with Crippen molar-refractivity contribution in [3.05, 3.63) is 33.2 Å². The van der Waals surface area contributed by atoms with Gasteiger partial charge in [0.15, 0.2) is 0 Å². The highest BCUT2D eigenvalue weighted by Crippen LogP contribution is 2.14. The fraction of sp³-hybridized carbons (Fsp3) is 0.167. The van der Waals surface area contributed by atoms with Crippen molar-refractivity contribution >= 4 is 11.6 Å². The van der Waals surface area contributed by atoms with Gasteiger partial charge in [-0.05, 0) is 0 Å². The molecule has 1 aromatic heterocycles. The van der Waals surface area contributed by atoms with Gasteiger partial charge < -0.3 is 4.98 Å². The number of aromatic nitrogens is 1. The van der Waals surface area contributed by atoms with Gasteiger partial charge in [-0.2, -0.15) is 0 Å². The number of halogens is 3. The van der Waals surface area contributed by atoms with Crippen molar-refractivity contribution in [2.24, 2.45) is 0 Å². The molecule has 0 spiro atoms. The molecule has 1 heterocycles. The van der Waals surface area contributed by atoms with Crippen LogP contribution in [0.2, 0.25) is 5.02 Å². The maximum Gasteiger partial charge on any atom is 0.278 e. The Balaban J connectivity index is 3.16. The molecule has 1 rings (SSSR count). The Kier molecular flexibility index (Phi) is 2.24. The number of H-pyrrole nitrogens is 1. The standard InChI is InChI=1S/C6H4ClF2NO/c7-3-2-10-4(6(8)9)1-5(3)11/h1-2,6H,(H,10,11). The second-order valence-corrected chi connectivity index (χ2v) is 2.31. The van der Waals surface area contributed by atoms with Crippen molar-refractivity contribution in [2.45, 2.75) is 6.43 Å². The van der Waals surface area contributed by atoms with Crippen LogP contribution >= 0.6 is 11.6 Å². The number of nitrogens with one attached hydrogen (secondary N) is 1. The van der Waals surface area contributed by atoms with Crippen LogP contribution < -0.4 is 5.43 Å². The van der Waals surface area contributed by atoms with Gasteiger partial charge in [0.2, 0.25) is 5.43 Å². The highest BCUT2D eigenvalue weighted by Gasteiger charge is 2.08. The van der Waals surface area contributed by atoms with E-state index in [0.29, 0.717) is 0 Å². The van der Waals surface area contributed by atoms with Gasteiger partial charge in [-0.1, -0.05) is 11.6 Å². The molecule has 0 aliphatic heterocycles. The van der Waals surface area contributed by atoms with E-state index in [-0.39, 0.29) is 5.02 Å². The van der Waals surface area contributed by atoms with Crippen LogP contribution in [0, 0.1) is 0 Å². The summed E-state index contributed by atoms with van der Waals surface area (Å²) in [7, 11) is 0. The predicted octanol–water partition coefficient (Wildman–Crippen LogP) is 1.97. The van der Waals surface area contributed by atoms with E-state index in [1.54, 1.807) is 0 Å². The normalized spacial score (nSPS) is 10.5. The largest absolute Gasteiger partial charge is 0.359 e. The molecule has 0 amide bonds. The molecule has 0 aliphatic carbocycles. The Hall–Kier alpha value is -0.900. The van der Waals surface area contributed by atoms with Gasteiger partial charge in [0.1, 0.15) is 5.02 Å². The van der Waals surface area contributed by atoms with E-state index < -0.39 is 17.5 Å². The molecule has 60 valence electrons. The second kappa shape index (κ2) is 3.00. The number of alkyl halides is 2. The van der Waals surface area contributed by atoms with Gasteiger partial charge in [0.05, 0.1) is 5.69 Å². The van der Waals surface area contributed by atoms with Crippen molar-refractivity contribution in [3.63, 3.8) is 0 Å². The highest BCUT2D eigenvalue weighted by atomic mass is 35.5. The van der Waals surface area contributed by atoms with E-state index in [1.807, 2.05) is 0 Å². The molecule has 0 atom stereocenters. The van der Waals surface area contributed by atoms with E-state index in [4.69, 9.17) is 11.6 Å². The quantitative estimate of drug-likeness (QED) is 0.703. The summed E-state index contributed by atoms with van der Waals surface area (Å²) >= 11 is 5.30. The molecule has 0 unspecified atom stereocenters. The van der Waals surface area contributed by atoms with E-state index in [2.05, 4.69) is 4.98 Å². The van der Waals surface area contributed by atoms with Gasteiger partial charge in [-0.15, -0.1) is 0 Å². The fourth-order valence-electron chi connectivity index (χ4n) is 0.596.